The van der Waals surface area contributed by atoms with E-state index in [1.54, 1.807) is 0 Å². The third-order valence-electron chi connectivity index (χ3n) is 2.99. The van der Waals surface area contributed by atoms with Gasteiger partial charge in [0.25, 0.3) is 0 Å². The first-order valence-electron chi connectivity index (χ1n) is 5.91. The van der Waals surface area contributed by atoms with Crippen LogP contribution in [-0.2, 0) is 0 Å². The van der Waals surface area contributed by atoms with Gasteiger partial charge in [0.1, 0.15) is 0 Å². The van der Waals surface area contributed by atoms with Crippen molar-refractivity contribution in [2.24, 2.45) is 5.73 Å². The van der Waals surface area contributed by atoms with E-state index in [1.165, 1.54) is 11.1 Å². The quantitative estimate of drug-likeness (QED) is 0.878. The Morgan fingerprint density at radius 3 is 2.53 bits per heavy atom. The Kier molecular flexibility index (Phi) is 3.29. The third-order valence-corrected chi connectivity index (χ3v) is 2.99. The van der Waals surface area contributed by atoms with E-state index in [9.17, 15) is 0 Å². The van der Waals surface area contributed by atoms with Gasteiger partial charge in [-0.15, -0.1) is 0 Å². The van der Waals surface area contributed by atoms with Crippen LogP contribution in [0, 0.1) is 20.8 Å². The van der Waals surface area contributed by atoms with Crippen molar-refractivity contribution in [3.63, 3.8) is 0 Å². The zero-order chi connectivity index (χ0) is 12.4. The molecule has 1 aromatic carbocycles. The molecular weight excluding hydrogens is 210 g/mol. The molecule has 2 rings (SSSR count). The molecule has 1 unspecified atom stereocenters. The summed E-state index contributed by atoms with van der Waals surface area (Å²) in [6.07, 6.45) is 0. The highest BCUT2D eigenvalue weighted by molar-refractivity contribution is 5.26. The second kappa shape index (κ2) is 4.72. The lowest BCUT2D eigenvalue weighted by Crippen LogP contribution is -2.22. The molecule has 0 saturated carbocycles. The minimum Gasteiger partial charge on any atom is -0.328 e. The Labute approximate surface area is 102 Å². The van der Waals surface area contributed by atoms with Gasteiger partial charge in [-0.25, -0.2) is 0 Å². The van der Waals surface area contributed by atoms with Crippen molar-refractivity contribution in [1.82, 2.24) is 9.78 Å². The van der Waals surface area contributed by atoms with Crippen LogP contribution < -0.4 is 5.73 Å². The predicted molar refractivity (Wildman–Crippen MR) is 70.1 cm³/mol. The van der Waals surface area contributed by atoms with E-state index in [0.717, 1.165) is 11.4 Å². The first kappa shape index (κ1) is 11.9. The van der Waals surface area contributed by atoms with Crippen LogP contribution in [0.15, 0.2) is 30.3 Å². The first-order valence-corrected chi connectivity index (χ1v) is 5.91. The topological polar surface area (TPSA) is 43.8 Å². The van der Waals surface area contributed by atoms with E-state index in [1.807, 2.05) is 11.6 Å². The number of rotatable bonds is 3. The molecule has 0 aliphatic heterocycles. The van der Waals surface area contributed by atoms with Crippen LogP contribution in [0.1, 0.15) is 28.6 Å². The van der Waals surface area contributed by atoms with Crippen LogP contribution in [0.25, 0.3) is 0 Å². The standard InChI is InChI=1S/C14H19N3/c1-10-5-4-6-13(7-10)14(9-15)17-12(3)8-11(2)16-17/h4-8,14H,9,15H2,1-3H3. The van der Waals surface area contributed by atoms with Gasteiger partial charge >= 0.3 is 0 Å². The predicted octanol–water partition coefficient (Wildman–Crippen LogP) is 2.36. The number of nitrogens with two attached hydrogens (primary N) is 1. The lowest BCUT2D eigenvalue weighted by atomic mass is 10.0. The number of hydrogen-bond acceptors (Lipinski definition) is 2. The molecule has 2 aromatic rings. The van der Waals surface area contributed by atoms with E-state index in [0.29, 0.717) is 6.54 Å². The minimum absolute atomic E-state index is 0.128. The Morgan fingerprint density at radius 1 is 1.24 bits per heavy atom. The highest BCUT2D eigenvalue weighted by atomic mass is 15.3. The number of benzene rings is 1. The van der Waals surface area contributed by atoms with Crippen molar-refractivity contribution in [3.05, 3.63) is 52.8 Å². The van der Waals surface area contributed by atoms with E-state index < -0.39 is 0 Å². The average molecular weight is 229 g/mol. The highest BCUT2D eigenvalue weighted by Crippen LogP contribution is 2.20. The molecule has 0 fully saturated rings. The second-order valence-electron chi connectivity index (χ2n) is 4.54. The van der Waals surface area contributed by atoms with E-state index in [2.05, 4.69) is 49.3 Å². The third kappa shape index (κ3) is 2.39. The summed E-state index contributed by atoms with van der Waals surface area (Å²) in [5, 5.41) is 4.52. The zero-order valence-electron chi connectivity index (χ0n) is 10.6. The van der Waals surface area contributed by atoms with Crippen molar-refractivity contribution in [2.45, 2.75) is 26.8 Å². The molecule has 0 amide bonds. The summed E-state index contributed by atoms with van der Waals surface area (Å²) in [6, 6.07) is 10.7. The van der Waals surface area contributed by atoms with Crippen molar-refractivity contribution in [3.8, 4) is 0 Å². The summed E-state index contributed by atoms with van der Waals surface area (Å²) in [5.41, 5.74) is 10.6. The van der Waals surface area contributed by atoms with Crippen molar-refractivity contribution in [2.75, 3.05) is 6.54 Å². The summed E-state index contributed by atoms with van der Waals surface area (Å²) >= 11 is 0. The first-order chi connectivity index (χ1) is 8.11. The van der Waals surface area contributed by atoms with Crippen LogP contribution in [0.2, 0.25) is 0 Å². The summed E-state index contributed by atoms with van der Waals surface area (Å²) in [4.78, 5) is 0. The smallest absolute Gasteiger partial charge is 0.0893 e. The van der Waals surface area contributed by atoms with Crippen molar-refractivity contribution < 1.29 is 0 Å². The van der Waals surface area contributed by atoms with Crippen LogP contribution in [0.3, 0.4) is 0 Å². The zero-order valence-corrected chi connectivity index (χ0v) is 10.6. The van der Waals surface area contributed by atoms with Crippen LogP contribution in [0.4, 0.5) is 0 Å². The van der Waals surface area contributed by atoms with Gasteiger partial charge in [0, 0.05) is 12.2 Å². The van der Waals surface area contributed by atoms with Gasteiger partial charge in [-0.05, 0) is 32.4 Å². The molecule has 0 radical (unpaired) electrons. The summed E-state index contributed by atoms with van der Waals surface area (Å²) in [6.45, 7) is 6.73. The minimum atomic E-state index is 0.128. The molecule has 2 N–H and O–H groups in total. The highest BCUT2D eigenvalue weighted by Gasteiger charge is 2.15. The molecule has 3 nitrogen and oxygen atoms in total. The Morgan fingerprint density at radius 2 is 2.00 bits per heavy atom. The van der Waals surface area contributed by atoms with Crippen LogP contribution in [0.5, 0.6) is 0 Å². The maximum atomic E-state index is 5.90. The maximum absolute atomic E-state index is 5.90. The molecule has 0 aliphatic carbocycles. The second-order valence-corrected chi connectivity index (χ2v) is 4.54. The lowest BCUT2D eigenvalue weighted by Gasteiger charge is -2.18. The molecule has 0 saturated heterocycles. The molecule has 1 aromatic heterocycles. The van der Waals surface area contributed by atoms with E-state index in [-0.39, 0.29) is 6.04 Å². The molecule has 17 heavy (non-hydrogen) atoms. The van der Waals surface area contributed by atoms with Gasteiger partial charge in [0.15, 0.2) is 0 Å². The fourth-order valence-electron chi connectivity index (χ4n) is 2.22. The van der Waals surface area contributed by atoms with Crippen molar-refractivity contribution >= 4 is 0 Å². The molecule has 0 aliphatic rings. The van der Waals surface area contributed by atoms with Crippen LogP contribution >= 0.6 is 0 Å². The Hall–Kier alpha value is -1.61. The van der Waals surface area contributed by atoms with Gasteiger partial charge < -0.3 is 5.73 Å². The molecular formula is C14H19N3. The Balaban J connectivity index is 2.43. The number of hydrogen-bond donors (Lipinski definition) is 1. The molecule has 1 heterocycles. The summed E-state index contributed by atoms with van der Waals surface area (Å²) < 4.78 is 2.02. The fraction of sp³-hybridized carbons (Fsp3) is 0.357. The van der Waals surface area contributed by atoms with Gasteiger partial charge in [-0.1, -0.05) is 29.8 Å². The fourth-order valence-corrected chi connectivity index (χ4v) is 2.22. The lowest BCUT2D eigenvalue weighted by molar-refractivity contribution is 0.516. The van der Waals surface area contributed by atoms with Crippen LogP contribution in [-0.4, -0.2) is 16.3 Å². The van der Waals surface area contributed by atoms with Gasteiger partial charge in [0.2, 0.25) is 0 Å². The Bertz CT molecular complexity index is 514. The SMILES string of the molecule is Cc1cccc(C(CN)n2nc(C)cc2C)c1. The number of nitrogens with zero attached hydrogens (tertiary/aromatic N) is 2. The summed E-state index contributed by atoms with van der Waals surface area (Å²) in [7, 11) is 0. The molecule has 90 valence electrons. The van der Waals surface area contributed by atoms with Gasteiger partial charge in [0.05, 0.1) is 11.7 Å². The average Bonchev–Trinajstić information content (AvgIpc) is 2.59. The van der Waals surface area contributed by atoms with Gasteiger partial charge in [-0.3, -0.25) is 4.68 Å². The largest absolute Gasteiger partial charge is 0.328 e. The molecule has 1 atom stereocenters. The monoisotopic (exact) mass is 229 g/mol. The van der Waals surface area contributed by atoms with Gasteiger partial charge in [-0.2, -0.15) is 5.10 Å². The normalized spacial score (nSPS) is 12.7. The van der Waals surface area contributed by atoms with E-state index in [4.69, 9.17) is 5.73 Å². The maximum Gasteiger partial charge on any atom is 0.0893 e. The molecule has 0 bridgehead atoms. The number of aryl methyl sites for hydroxylation is 3. The number of aromatic nitrogens is 2. The molecule has 3 heteroatoms. The summed E-state index contributed by atoms with van der Waals surface area (Å²) in [5.74, 6) is 0. The van der Waals surface area contributed by atoms with Crippen molar-refractivity contribution in [1.29, 1.82) is 0 Å². The molecule has 0 spiro atoms. The van der Waals surface area contributed by atoms with E-state index >= 15 is 0 Å².